The third-order valence-corrected chi connectivity index (χ3v) is 7.97. The van der Waals surface area contributed by atoms with Gasteiger partial charge in [-0.1, -0.05) is 72.8 Å². The SMILES string of the molecule is Nc1ccc2c3nc4nc(nc5c6ccccc6c(nc6nc(nc([nH]3)c2c1N)-c1ccccc1-6)n5N)-c1ccccc1-4. The lowest BCUT2D eigenvalue weighted by atomic mass is 10.1. The van der Waals surface area contributed by atoms with Gasteiger partial charge in [0.05, 0.1) is 16.8 Å². The number of hydrogen-bond donors (Lipinski definition) is 4. The van der Waals surface area contributed by atoms with E-state index in [4.69, 9.17) is 47.2 Å². The molecule has 0 fully saturated rings. The van der Waals surface area contributed by atoms with Crippen LogP contribution in [0.25, 0.3) is 89.7 Å². The second-order valence-corrected chi connectivity index (χ2v) is 10.4. The smallest absolute Gasteiger partial charge is 0.164 e. The molecule has 11 heteroatoms. The highest BCUT2D eigenvalue weighted by Crippen LogP contribution is 2.38. The van der Waals surface area contributed by atoms with Gasteiger partial charge < -0.3 is 22.3 Å². The maximum atomic E-state index is 6.74. The topological polar surface area (TPSA) is 176 Å². The average Bonchev–Trinajstić information content (AvgIpc) is 3.74. The van der Waals surface area contributed by atoms with Gasteiger partial charge in [-0.05, 0) is 12.1 Å². The number of nitrogen functional groups attached to an aromatic ring is 3. The maximum absolute atomic E-state index is 6.74. The number of nitrogens with two attached hydrogens (primary N) is 3. The van der Waals surface area contributed by atoms with E-state index < -0.39 is 0 Å². The van der Waals surface area contributed by atoms with Crippen LogP contribution in [0.4, 0.5) is 11.4 Å². The van der Waals surface area contributed by atoms with Crippen LogP contribution in [0.1, 0.15) is 0 Å². The molecular weight excluding hydrogens is 538 g/mol. The number of aromatic nitrogens is 8. The first-order chi connectivity index (χ1) is 21.0. The molecule has 43 heavy (non-hydrogen) atoms. The van der Waals surface area contributed by atoms with E-state index in [-0.39, 0.29) is 0 Å². The second kappa shape index (κ2) is 8.33. The van der Waals surface area contributed by atoms with Gasteiger partial charge in [-0.15, -0.1) is 0 Å². The van der Waals surface area contributed by atoms with E-state index in [1.807, 2.05) is 78.9 Å². The lowest BCUT2D eigenvalue weighted by Crippen LogP contribution is -2.09. The number of fused-ring (bicyclic) bond motifs is 20. The van der Waals surface area contributed by atoms with Gasteiger partial charge in [0.15, 0.2) is 34.6 Å². The lowest BCUT2D eigenvalue weighted by molar-refractivity contribution is 1.05. The van der Waals surface area contributed by atoms with Crippen molar-refractivity contribution in [3.8, 4) is 45.6 Å². The Morgan fingerprint density at radius 1 is 0.488 bits per heavy atom. The van der Waals surface area contributed by atoms with Crippen LogP contribution in [0, 0.1) is 0 Å². The predicted octanol–water partition coefficient (Wildman–Crippen LogP) is 5.22. The molecule has 0 aliphatic carbocycles. The van der Waals surface area contributed by atoms with Gasteiger partial charge in [-0.25, -0.2) is 34.6 Å². The van der Waals surface area contributed by atoms with Gasteiger partial charge in [-0.3, -0.25) is 0 Å². The van der Waals surface area contributed by atoms with Gasteiger partial charge in [-0.2, -0.15) is 0 Å². The molecule has 9 rings (SSSR count). The van der Waals surface area contributed by atoms with E-state index in [1.165, 1.54) is 4.68 Å². The van der Waals surface area contributed by atoms with Crippen molar-refractivity contribution in [1.29, 1.82) is 0 Å². The average molecular weight is 560 g/mol. The number of aromatic amines is 1. The van der Waals surface area contributed by atoms with Crippen molar-refractivity contribution in [1.82, 2.24) is 39.6 Å². The Morgan fingerprint density at radius 3 is 1.49 bits per heavy atom. The summed E-state index contributed by atoms with van der Waals surface area (Å²) in [6.07, 6.45) is 0. The van der Waals surface area contributed by atoms with Gasteiger partial charge in [0.1, 0.15) is 11.3 Å². The molecule has 5 heterocycles. The van der Waals surface area contributed by atoms with Crippen LogP contribution >= 0.6 is 0 Å². The first kappa shape index (κ1) is 23.4. The summed E-state index contributed by atoms with van der Waals surface area (Å²) in [5.74, 6) is 8.68. The number of anilines is 2. The van der Waals surface area contributed by atoms with Gasteiger partial charge in [0.2, 0.25) is 0 Å². The van der Waals surface area contributed by atoms with Crippen molar-refractivity contribution in [2.24, 2.45) is 0 Å². The summed E-state index contributed by atoms with van der Waals surface area (Å²) < 4.78 is 1.49. The minimum atomic E-state index is 0.406. The minimum absolute atomic E-state index is 0.406. The van der Waals surface area contributed by atoms with Crippen molar-refractivity contribution in [2.45, 2.75) is 0 Å². The minimum Gasteiger partial charge on any atom is -0.397 e. The Bertz CT molecular complexity index is 2510. The van der Waals surface area contributed by atoms with Crippen molar-refractivity contribution in [3.63, 3.8) is 0 Å². The molecule has 2 aliphatic rings. The highest BCUT2D eigenvalue weighted by Gasteiger charge is 2.23. The number of H-pyrrole nitrogens is 1. The van der Waals surface area contributed by atoms with Crippen LogP contribution in [0.15, 0.2) is 84.9 Å². The van der Waals surface area contributed by atoms with Crippen LogP contribution in [0.5, 0.6) is 0 Å². The molecule has 0 atom stereocenters. The Labute approximate surface area is 242 Å². The quantitative estimate of drug-likeness (QED) is 0.143. The summed E-state index contributed by atoms with van der Waals surface area (Å²) >= 11 is 0. The number of nitrogens with one attached hydrogen (secondary N) is 1. The van der Waals surface area contributed by atoms with Crippen LogP contribution in [-0.2, 0) is 0 Å². The molecule has 0 saturated carbocycles. The fourth-order valence-electron chi connectivity index (χ4n) is 5.90. The Morgan fingerprint density at radius 2 is 0.953 bits per heavy atom. The van der Waals surface area contributed by atoms with E-state index in [0.29, 0.717) is 62.6 Å². The number of benzene rings is 4. The van der Waals surface area contributed by atoms with E-state index in [2.05, 4.69) is 4.98 Å². The molecule has 4 aromatic carbocycles. The molecule has 7 N–H and O–H groups in total. The molecule has 0 spiro atoms. The number of rotatable bonds is 0. The third kappa shape index (κ3) is 3.24. The summed E-state index contributed by atoms with van der Waals surface area (Å²) in [7, 11) is 0. The van der Waals surface area contributed by atoms with Gasteiger partial charge >= 0.3 is 0 Å². The van der Waals surface area contributed by atoms with Crippen molar-refractivity contribution < 1.29 is 0 Å². The molecule has 8 bridgehead atoms. The maximum Gasteiger partial charge on any atom is 0.164 e. The number of hydrogen-bond acceptors (Lipinski definition) is 9. The summed E-state index contributed by atoms with van der Waals surface area (Å²) in [4.78, 5) is 33.1. The molecular formula is C32H21N11. The van der Waals surface area contributed by atoms with Gasteiger partial charge in [0.25, 0.3) is 0 Å². The Balaban J connectivity index is 1.54. The highest BCUT2D eigenvalue weighted by atomic mass is 15.3. The molecule has 0 amide bonds. The molecule has 0 radical (unpaired) electrons. The first-order valence-corrected chi connectivity index (χ1v) is 13.6. The molecule has 0 unspecified atom stereocenters. The van der Waals surface area contributed by atoms with E-state index in [1.54, 1.807) is 6.07 Å². The standard InChI is InChI=1S/C32H21N11/c33-22-14-13-21-23(24(22)34)30-39-26-16-8-2-4-10-18(16)28(37-26)42-32-20-12-6-5-11-19(20)31(43(32)35)41-27-17-9-3-1-7-15(17)25(36-27)38-29(21)40-30/h1-14H,33-35H2,(H,36,37,38,39,40,41,42). The third-order valence-electron chi connectivity index (χ3n) is 7.97. The van der Waals surface area contributed by atoms with Crippen molar-refractivity contribution in [3.05, 3.63) is 84.9 Å². The summed E-state index contributed by atoms with van der Waals surface area (Å²) in [6, 6.07) is 27.1. The van der Waals surface area contributed by atoms with Crippen molar-refractivity contribution >= 4 is 55.5 Å². The molecule has 7 aromatic rings. The Kier molecular flexibility index (Phi) is 4.53. The molecule has 204 valence electrons. The summed E-state index contributed by atoms with van der Waals surface area (Å²) in [5.41, 5.74) is 19.0. The normalized spacial score (nSPS) is 12.0. The molecule has 3 aromatic heterocycles. The largest absolute Gasteiger partial charge is 0.397 e. The predicted molar refractivity (Wildman–Crippen MR) is 169 cm³/mol. The molecule has 11 nitrogen and oxygen atoms in total. The van der Waals surface area contributed by atoms with Gasteiger partial charge in [0, 0.05) is 38.4 Å². The van der Waals surface area contributed by atoms with Crippen LogP contribution in [0.3, 0.4) is 0 Å². The zero-order valence-electron chi connectivity index (χ0n) is 22.4. The zero-order valence-corrected chi connectivity index (χ0v) is 22.4. The van der Waals surface area contributed by atoms with E-state index in [9.17, 15) is 0 Å². The number of nitrogens with zero attached hydrogens (tertiary/aromatic N) is 7. The van der Waals surface area contributed by atoms with E-state index >= 15 is 0 Å². The fraction of sp³-hybridized carbons (Fsp3) is 0. The van der Waals surface area contributed by atoms with Crippen LogP contribution in [0.2, 0.25) is 0 Å². The molecule has 2 aliphatic heterocycles. The fourth-order valence-corrected chi connectivity index (χ4v) is 5.90. The molecule has 0 saturated heterocycles. The second-order valence-electron chi connectivity index (χ2n) is 10.4. The highest BCUT2D eigenvalue weighted by molar-refractivity contribution is 6.13. The summed E-state index contributed by atoms with van der Waals surface area (Å²) in [5, 5.41) is 3.09. The van der Waals surface area contributed by atoms with Crippen LogP contribution < -0.4 is 17.3 Å². The monoisotopic (exact) mass is 559 g/mol. The zero-order chi connectivity index (χ0) is 28.8. The lowest BCUT2D eigenvalue weighted by Gasteiger charge is -2.01. The first-order valence-electron chi connectivity index (χ1n) is 13.6. The summed E-state index contributed by atoms with van der Waals surface area (Å²) in [6.45, 7) is 0. The van der Waals surface area contributed by atoms with Crippen LogP contribution in [-0.4, -0.2) is 39.6 Å². The Hall–Kier alpha value is -6.36. The van der Waals surface area contributed by atoms with Crippen molar-refractivity contribution in [2.75, 3.05) is 17.3 Å². The van der Waals surface area contributed by atoms with E-state index in [0.717, 1.165) is 38.4 Å².